The second-order valence-corrected chi connectivity index (χ2v) is 8.55. The van der Waals surface area contributed by atoms with Gasteiger partial charge in [-0.2, -0.15) is 4.98 Å². The minimum atomic E-state index is -0.367. The highest BCUT2D eigenvalue weighted by atomic mass is 16.5. The van der Waals surface area contributed by atoms with Crippen LogP contribution < -0.4 is 15.0 Å². The van der Waals surface area contributed by atoms with E-state index in [1.807, 2.05) is 42.5 Å². The third-order valence-corrected chi connectivity index (χ3v) is 6.27. The van der Waals surface area contributed by atoms with Crippen molar-refractivity contribution < 1.29 is 19.2 Å². The normalized spacial score (nSPS) is 20.5. The number of hydrogen-bond donors (Lipinski definition) is 2. The summed E-state index contributed by atoms with van der Waals surface area (Å²) in [4.78, 5) is 25.9. The number of amides is 1. The molecule has 0 saturated carbocycles. The Labute approximate surface area is 197 Å². The largest absolute Gasteiger partial charge is 0.484 e. The molecule has 2 N–H and O–H groups in total. The van der Waals surface area contributed by atoms with Gasteiger partial charge in [0.25, 0.3) is 11.8 Å². The Balaban J connectivity index is 1.25. The van der Waals surface area contributed by atoms with Crippen LogP contribution in [0.3, 0.4) is 0 Å². The molecule has 10 heteroatoms. The minimum Gasteiger partial charge on any atom is -0.484 e. The highest BCUT2D eigenvalue weighted by Gasteiger charge is 2.32. The standard InChI is InChI=1S/C24H28N6O4/c31-15-17-8-10-29(14-17)21-7-6-18(12-26-21)23-27-24(34-28-23)20-13-25-9-11-30(20)22(32)16-33-19-4-2-1-3-5-19/h1-7,12,17,20,25,31H,8-11,13-16H2/t17?,20-/m1/s1. The summed E-state index contributed by atoms with van der Waals surface area (Å²) in [5.41, 5.74) is 0.741. The van der Waals surface area contributed by atoms with Gasteiger partial charge < -0.3 is 29.5 Å². The lowest BCUT2D eigenvalue weighted by molar-refractivity contribution is -0.137. The van der Waals surface area contributed by atoms with Crippen LogP contribution >= 0.6 is 0 Å². The topological polar surface area (TPSA) is 117 Å². The summed E-state index contributed by atoms with van der Waals surface area (Å²) in [7, 11) is 0. The van der Waals surface area contributed by atoms with Crippen LogP contribution in [0.4, 0.5) is 5.82 Å². The molecule has 178 valence electrons. The summed E-state index contributed by atoms with van der Waals surface area (Å²) in [5, 5.41) is 16.8. The van der Waals surface area contributed by atoms with Crippen molar-refractivity contribution in [3.05, 3.63) is 54.6 Å². The number of aliphatic hydroxyl groups is 1. The van der Waals surface area contributed by atoms with Crippen LogP contribution in [0.25, 0.3) is 11.4 Å². The first-order valence-corrected chi connectivity index (χ1v) is 11.5. The number of para-hydroxylation sites is 1. The van der Waals surface area contributed by atoms with Crippen LogP contribution in [0, 0.1) is 5.92 Å². The van der Waals surface area contributed by atoms with Crippen molar-refractivity contribution >= 4 is 11.7 Å². The lowest BCUT2D eigenvalue weighted by Crippen LogP contribution is -2.50. The first-order chi connectivity index (χ1) is 16.7. The average Bonchev–Trinajstić information content (AvgIpc) is 3.58. The van der Waals surface area contributed by atoms with Crippen molar-refractivity contribution in [1.82, 2.24) is 25.3 Å². The SMILES string of the molecule is O=C(COc1ccccc1)N1CCNC[C@@H]1c1nc(-c2ccc(N3CCC(CO)C3)nc2)no1. The average molecular weight is 465 g/mol. The van der Waals surface area contributed by atoms with E-state index in [-0.39, 0.29) is 25.2 Å². The number of benzene rings is 1. The van der Waals surface area contributed by atoms with Crippen molar-refractivity contribution in [3.8, 4) is 17.1 Å². The van der Waals surface area contributed by atoms with Gasteiger partial charge in [-0.1, -0.05) is 23.4 Å². The third-order valence-electron chi connectivity index (χ3n) is 6.27. The van der Waals surface area contributed by atoms with E-state index in [2.05, 4.69) is 25.3 Å². The summed E-state index contributed by atoms with van der Waals surface area (Å²) in [6, 6.07) is 12.8. The number of ether oxygens (including phenoxy) is 1. The molecule has 0 bridgehead atoms. The number of nitrogens with zero attached hydrogens (tertiary/aromatic N) is 5. The lowest BCUT2D eigenvalue weighted by Gasteiger charge is -2.33. The molecule has 2 fully saturated rings. The molecule has 2 aliphatic rings. The van der Waals surface area contributed by atoms with Crippen LogP contribution in [-0.4, -0.2) is 77.0 Å². The van der Waals surface area contributed by atoms with Crippen LogP contribution in [0.15, 0.2) is 53.2 Å². The van der Waals surface area contributed by atoms with E-state index in [1.54, 1.807) is 11.1 Å². The zero-order valence-corrected chi connectivity index (χ0v) is 18.8. The van der Waals surface area contributed by atoms with Crippen molar-refractivity contribution in [2.24, 2.45) is 5.92 Å². The number of anilines is 1. The quantitative estimate of drug-likeness (QED) is 0.536. The number of rotatable bonds is 7. The van der Waals surface area contributed by atoms with Crippen molar-refractivity contribution in [1.29, 1.82) is 0 Å². The Kier molecular flexibility index (Phi) is 6.68. The van der Waals surface area contributed by atoms with Gasteiger partial charge in [0, 0.05) is 57.0 Å². The third kappa shape index (κ3) is 4.87. The molecule has 5 rings (SSSR count). The van der Waals surface area contributed by atoms with Crippen LogP contribution in [0.1, 0.15) is 18.4 Å². The molecular formula is C24H28N6O4. The van der Waals surface area contributed by atoms with E-state index in [1.165, 1.54) is 0 Å². The molecule has 0 aliphatic carbocycles. The Morgan fingerprint density at radius 3 is 2.85 bits per heavy atom. The molecule has 1 aromatic carbocycles. The number of carbonyl (C=O) groups excluding carboxylic acids is 1. The molecule has 1 amide bonds. The van der Waals surface area contributed by atoms with Crippen molar-refractivity contribution in [3.63, 3.8) is 0 Å². The molecule has 2 atom stereocenters. The summed E-state index contributed by atoms with van der Waals surface area (Å²) >= 11 is 0. The van der Waals surface area contributed by atoms with Gasteiger partial charge in [-0.3, -0.25) is 4.79 Å². The highest BCUT2D eigenvalue weighted by Crippen LogP contribution is 2.26. The summed E-state index contributed by atoms with van der Waals surface area (Å²) in [6.45, 7) is 3.58. The Bertz CT molecular complexity index is 1090. The Hall–Kier alpha value is -3.50. The van der Waals surface area contributed by atoms with Gasteiger partial charge in [0.05, 0.1) is 0 Å². The van der Waals surface area contributed by atoms with E-state index in [4.69, 9.17) is 9.26 Å². The molecule has 34 heavy (non-hydrogen) atoms. The molecule has 2 aromatic heterocycles. The van der Waals surface area contributed by atoms with Gasteiger partial charge in [-0.25, -0.2) is 4.98 Å². The summed E-state index contributed by atoms with van der Waals surface area (Å²) in [6.07, 6.45) is 2.70. The Morgan fingerprint density at radius 1 is 1.21 bits per heavy atom. The summed E-state index contributed by atoms with van der Waals surface area (Å²) < 4.78 is 11.2. The monoisotopic (exact) mass is 464 g/mol. The van der Waals surface area contributed by atoms with E-state index < -0.39 is 0 Å². The van der Waals surface area contributed by atoms with Gasteiger partial charge in [0.2, 0.25) is 5.82 Å². The van der Waals surface area contributed by atoms with Crippen molar-refractivity contribution in [2.45, 2.75) is 12.5 Å². The number of aliphatic hydroxyl groups excluding tert-OH is 1. The molecular weight excluding hydrogens is 436 g/mol. The van der Waals surface area contributed by atoms with Gasteiger partial charge in [0.15, 0.2) is 6.61 Å². The second-order valence-electron chi connectivity index (χ2n) is 8.55. The molecule has 2 saturated heterocycles. The van der Waals surface area contributed by atoms with E-state index in [0.717, 1.165) is 30.9 Å². The maximum atomic E-state index is 12.9. The number of carbonyl (C=O) groups is 1. The molecule has 0 spiro atoms. The number of nitrogens with one attached hydrogen (secondary N) is 1. The number of piperazine rings is 1. The van der Waals surface area contributed by atoms with E-state index in [9.17, 15) is 9.90 Å². The molecule has 2 aliphatic heterocycles. The Morgan fingerprint density at radius 2 is 2.09 bits per heavy atom. The first kappa shape index (κ1) is 22.3. The smallest absolute Gasteiger partial charge is 0.261 e. The number of pyridine rings is 1. The molecule has 4 heterocycles. The van der Waals surface area contributed by atoms with Gasteiger partial charge in [-0.15, -0.1) is 0 Å². The minimum absolute atomic E-state index is 0.0550. The van der Waals surface area contributed by atoms with Crippen molar-refractivity contribution in [2.75, 3.05) is 50.8 Å². The van der Waals surface area contributed by atoms with Crippen LogP contribution in [0.5, 0.6) is 5.75 Å². The fourth-order valence-corrected chi connectivity index (χ4v) is 4.35. The number of hydrogen-bond acceptors (Lipinski definition) is 9. The highest BCUT2D eigenvalue weighted by molar-refractivity contribution is 5.78. The zero-order chi connectivity index (χ0) is 23.3. The molecule has 10 nitrogen and oxygen atoms in total. The van der Waals surface area contributed by atoms with Gasteiger partial charge in [-0.05, 0) is 30.7 Å². The fraction of sp³-hybridized carbons (Fsp3) is 0.417. The van der Waals surface area contributed by atoms with Gasteiger partial charge in [0.1, 0.15) is 17.6 Å². The summed E-state index contributed by atoms with van der Waals surface area (Å²) in [5.74, 6) is 2.50. The maximum absolute atomic E-state index is 12.9. The maximum Gasteiger partial charge on any atom is 0.261 e. The van der Waals surface area contributed by atoms with Gasteiger partial charge >= 0.3 is 0 Å². The van der Waals surface area contributed by atoms with E-state index in [0.29, 0.717) is 43.0 Å². The fourth-order valence-electron chi connectivity index (χ4n) is 4.35. The molecule has 3 aromatic rings. The lowest BCUT2D eigenvalue weighted by atomic mass is 10.1. The predicted octanol–water partition coefficient (Wildman–Crippen LogP) is 1.50. The molecule has 1 unspecified atom stereocenters. The second kappa shape index (κ2) is 10.2. The van der Waals surface area contributed by atoms with E-state index >= 15 is 0 Å². The van der Waals surface area contributed by atoms with Crippen LogP contribution in [0.2, 0.25) is 0 Å². The number of aromatic nitrogens is 3. The molecule has 0 radical (unpaired) electrons. The zero-order valence-electron chi connectivity index (χ0n) is 18.8. The van der Waals surface area contributed by atoms with Crippen LogP contribution in [-0.2, 0) is 4.79 Å². The first-order valence-electron chi connectivity index (χ1n) is 11.5. The predicted molar refractivity (Wildman–Crippen MR) is 124 cm³/mol.